The van der Waals surface area contributed by atoms with Crippen LogP contribution in [0.4, 0.5) is 5.13 Å². The number of carbonyl (C=O) groups is 1. The van der Waals surface area contributed by atoms with Crippen LogP contribution in [0.5, 0.6) is 0 Å². The van der Waals surface area contributed by atoms with Gasteiger partial charge in [-0.2, -0.15) is 11.3 Å². The number of rotatable bonds is 7. The van der Waals surface area contributed by atoms with Crippen LogP contribution < -0.4 is 5.32 Å². The lowest BCUT2D eigenvalue weighted by molar-refractivity contribution is -0.116. The number of halogens is 1. The van der Waals surface area contributed by atoms with Gasteiger partial charge in [0.25, 0.3) is 0 Å². The standard InChI is InChI=1S/C20H17ClN4O2S2/c1-12-3-2-4-13(18(12)21)9-15-10-22-20(29-15)23-16(26)5-6-17-24-25-19(27-17)14-7-8-28-11-14/h2-4,7-8,10-11H,5-6,9H2,1H3,(H,22,23,26). The van der Waals surface area contributed by atoms with Crippen LogP contribution >= 0.6 is 34.3 Å². The van der Waals surface area contributed by atoms with E-state index < -0.39 is 0 Å². The zero-order chi connectivity index (χ0) is 20.2. The van der Waals surface area contributed by atoms with Gasteiger partial charge in [0.15, 0.2) is 5.13 Å². The van der Waals surface area contributed by atoms with Gasteiger partial charge in [-0.05, 0) is 29.5 Å². The Hall–Kier alpha value is -2.55. The number of carbonyl (C=O) groups excluding carboxylic acids is 1. The molecule has 0 radical (unpaired) electrons. The fourth-order valence-electron chi connectivity index (χ4n) is 2.74. The number of anilines is 1. The normalized spacial score (nSPS) is 11.0. The monoisotopic (exact) mass is 444 g/mol. The molecule has 0 saturated heterocycles. The van der Waals surface area contributed by atoms with E-state index in [1.807, 2.05) is 41.9 Å². The zero-order valence-electron chi connectivity index (χ0n) is 15.5. The van der Waals surface area contributed by atoms with Gasteiger partial charge in [-0.25, -0.2) is 4.98 Å². The Morgan fingerprint density at radius 3 is 3.00 bits per heavy atom. The molecule has 0 unspecified atom stereocenters. The van der Waals surface area contributed by atoms with Crippen molar-refractivity contribution in [2.45, 2.75) is 26.2 Å². The molecule has 0 fully saturated rings. The molecule has 0 spiro atoms. The predicted molar refractivity (Wildman–Crippen MR) is 116 cm³/mol. The lowest BCUT2D eigenvalue weighted by Gasteiger charge is -2.04. The summed E-state index contributed by atoms with van der Waals surface area (Å²) in [5.41, 5.74) is 2.98. The van der Waals surface area contributed by atoms with Gasteiger partial charge in [0.2, 0.25) is 17.7 Å². The van der Waals surface area contributed by atoms with E-state index in [0.29, 0.717) is 29.8 Å². The van der Waals surface area contributed by atoms with E-state index in [1.54, 1.807) is 17.5 Å². The Labute approximate surface area is 180 Å². The molecule has 1 aromatic carbocycles. The number of hydrogen-bond donors (Lipinski definition) is 1. The fourth-order valence-corrected chi connectivity index (χ4v) is 4.41. The Balaban J connectivity index is 1.31. The van der Waals surface area contributed by atoms with Gasteiger partial charge in [0.1, 0.15) is 0 Å². The van der Waals surface area contributed by atoms with Crippen molar-refractivity contribution in [3.8, 4) is 11.5 Å². The van der Waals surface area contributed by atoms with Crippen LogP contribution in [0.25, 0.3) is 11.5 Å². The molecule has 3 heterocycles. The highest BCUT2D eigenvalue weighted by Gasteiger charge is 2.13. The van der Waals surface area contributed by atoms with Gasteiger partial charge in [-0.3, -0.25) is 4.79 Å². The summed E-state index contributed by atoms with van der Waals surface area (Å²) < 4.78 is 5.60. The summed E-state index contributed by atoms with van der Waals surface area (Å²) in [6.45, 7) is 1.98. The van der Waals surface area contributed by atoms with Crippen LogP contribution in [-0.2, 0) is 17.6 Å². The second kappa shape index (κ2) is 8.86. The van der Waals surface area contributed by atoms with Crippen LogP contribution in [0.3, 0.4) is 0 Å². The molecule has 0 saturated carbocycles. The Bertz CT molecular complexity index is 1120. The summed E-state index contributed by atoms with van der Waals surface area (Å²) in [4.78, 5) is 17.6. The molecule has 6 nitrogen and oxygen atoms in total. The second-order valence-electron chi connectivity index (χ2n) is 6.42. The molecule has 29 heavy (non-hydrogen) atoms. The number of amides is 1. The fraction of sp³-hybridized carbons (Fsp3) is 0.200. The molecule has 4 aromatic rings. The van der Waals surface area contributed by atoms with E-state index in [-0.39, 0.29) is 12.3 Å². The third kappa shape index (κ3) is 4.90. The molecule has 0 aliphatic carbocycles. The van der Waals surface area contributed by atoms with E-state index >= 15 is 0 Å². The minimum absolute atomic E-state index is 0.144. The lowest BCUT2D eigenvalue weighted by atomic mass is 10.1. The molecule has 0 bridgehead atoms. The highest BCUT2D eigenvalue weighted by atomic mass is 35.5. The van der Waals surface area contributed by atoms with Gasteiger partial charge >= 0.3 is 0 Å². The van der Waals surface area contributed by atoms with Gasteiger partial charge in [-0.15, -0.1) is 21.5 Å². The highest BCUT2D eigenvalue weighted by molar-refractivity contribution is 7.15. The predicted octanol–water partition coefficient (Wildman–Crippen LogP) is 5.38. The minimum atomic E-state index is -0.144. The van der Waals surface area contributed by atoms with Crippen molar-refractivity contribution in [3.05, 3.63) is 68.1 Å². The maximum absolute atomic E-state index is 12.2. The van der Waals surface area contributed by atoms with Gasteiger partial charge in [0, 0.05) is 46.3 Å². The summed E-state index contributed by atoms with van der Waals surface area (Å²) in [5.74, 6) is 0.770. The quantitative estimate of drug-likeness (QED) is 0.414. The third-order valence-electron chi connectivity index (χ3n) is 4.24. The molecule has 4 rings (SSSR count). The van der Waals surface area contributed by atoms with Crippen molar-refractivity contribution in [2.75, 3.05) is 5.32 Å². The lowest BCUT2D eigenvalue weighted by Crippen LogP contribution is -2.12. The summed E-state index contributed by atoms with van der Waals surface area (Å²) in [5, 5.41) is 16.1. The third-order valence-corrected chi connectivity index (χ3v) is 6.37. The number of thiazole rings is 1. The first-order valence-electron chi connectivity index (χ1n) is 8.92. The Morgan fingerprint density at radius 2 is 2.17 bits per heavy atom. The summed E-state index contributed by atoms with van der Waals surface area (Å²) in [6.07, 6.45) is 3.06. The van der Waals surface area contributed by atoms with Crippen molar-refractivity contribution in [1.29, 1.82) is 0 Å². The SMILES string of the molecule is Cc1cccc(Cc2cnc(NC(=O)CCc3nnc(-c4ccsc4)o3)s2)c1Cl. The number of aryl methyl sites for hydroxylation is 2. The van der Waals surface area contributed by atoms with Crippen LogP contribution in [0, 0.1) is 6.92 Å². The van der Waals surface area contributed by atoms with Crippen molar-refractivity contribution >= 4 is 45.3 Å². The molecule has 0 atom stereocenters. The molecule has 0 aliphatic heterocycles. The van der Waals surface area contributed by atoms with Crippen LogP contribution in [0.1, 0.15) is 28.3 Å². The zero-order valence-corrected chi connectivity index (χ0v) is 17.9. The summed E-state index contributed by atoms with van der Waals surface area (Å²) in [7, 11) is 0. The molecular weight excluding hydrogens is 428 g/mol. The molecule has 1 N–H and O–H groups in total. The average Bonchev–Trinajstić information content (AvgIpc) is 3.45. The van der Waals surface area contributed by atoms with Gasteiger partial charge in [0.05, 0.1) is 0 Å². The molecule has 3 aromatic heterocycles. The summed E-state index contributed by atoms with van der Waals surface area (Å²) in [6, 6.07) is 7.89. The number of benzene rings is 1. The first-order valence-corrected chi connectivity index (χ1v) is 11.1. The second-order valence-corrected chi connectivity index (χ2v) is 8.69. The highest BCUT2D eigenvalue weighted by Crippen LogP contribution is 2.27. The number of nitrogens with zero attached hydrogens (tertiary/aromatic N) is 3. The Morgan fingerprint density at radius 1 is 1.28 bits per heavy atom. The maximum atomic E-state index is 12.2. The topological polar surface area (TPSA) is 80.9 Å². The molecular formula is C20H17ClN4O2S2. The smallest absolute Gasteiger partial charge is 0.248 e. The first-order chi connectivity index (χ1) is 14.1. The van der Waals surface area contributed by atoms with E-state index in [9.17, 15) is 4.79 Å². The minimum Gasteiger partial charge on any atom is -0.421 e. The van der Waals surface area contributed by atoms with E-state index in [0.717, 1.165) is 26.6 Å². The van der Waals surface area contributed by atoms with Gasteiger partial charge in [-0.1, -0.05) is 29.8 Å². The average molecular weight is 445 g/mol. The Kier molecular flexibility index (Phi) is 6.03. The molecule has 148 valence electrons. The molecule has 1 amide bonds. The number of nitrogens with one attached hydrogen (secondary N) is 1. The maximum Gasteiger partial charge on any atom is 0.248 e. The van der Waals surface area contributed by atoms with Crippen molar-refractivity contribution in [2.24, 2.45) is 0 Å². The molecule has 9 heteroatoms. The van der Waals surface area contributed by atoms with Crippen molar-refractivity contribution in [3.63, 3.8) is 0 Å². The summed E-state index contributed by atoms with van der Waals surface area (Å²) >= 11 is 9.37. The van der Waals surface area contributed by atoms with Crippen LogP contribution in [-0.4, -0.2) is 21.1 Å². The van der Waals surface area contributed by atoms with E-state index in [2.05, 4.69) is 20.5 Å². The largest absolute Gasteiger partial charge is 0.421 e. The number of aromatic nitrogens is 3. The van der Waals surface area contributed by atoms with Crippen LogP contribution in [0.15, 0.2) is 45.6 Å². The number of hydrogen-bond acceptors (Lipinski definition) is 7. The first kappa shape index (κ1) is 19.8. The molecule has 0 aliphatic rings. The van der Waals surface area contributed by atoms with E-state index in [1.165, 1.54) is 11.3 Å². The van der Waals surface area contributed by atoms with Gasteiger partial charge < -0.3 is 9.73 Å². The number of thiophene rings is 1. The van der Waals surface area contributed by atoms with E-state index in [4.69, 9.17) is 16.0 Å². The van der Waals surface area contributed by atoms with Crippen molar-refractivity contribution < 1.29 is 9.21 Å². The van der Waals surface area contributed by atoms with Crippen LogP contribution in [0.2, 0.25) is 5.02 Å². The van der Waals surface area contributed by atoms with Crippen molar-refractivity contribution in [1.82, 2.24) is 15.2 Å².